The summed E-state index contributed by atoms with van der Waals surface area (Å²) in [6.07, 6.45) is 15.5. The van der Waals surface area contributed by atoms with Crippen molar-refractivity contribution < 1.29 is 43.4 Å². The number of hydrazine groups is 1. The van der Waals surface area contributed by atoms with E-state index in [1.807, 2.05) is 82.3 Å². The van der Waals surface area contributed by atoms with Crippen LogP contribution >= 0.6 is 0 Å². The van der Waals surface area contributed by atoms with Gasteiger partial charge in [0.25, 0.3) is 11.8 Å². The molecule has 0 aromatic heterocycles. The summed E-state index contributed by atoms with van der Waals surface area (Å²) in [6.45, 7) is 10.3. The van der Waals surface area contributed by atoms with Crippen molar-refractivity contribution in [2.75, 3.05) is 26.7 Å². The van der Waals surface area contributed by atoms with Crippen LogP contribution in [0.15, 0.2) is 78.4 Å². The van der Waals surface area contributed by atoms with Crippen LogP contribution in [0, 0.1) is 17.8 Å². The Morgan fingerprint density at radius 2 is 1.70 bits per heavy atom. The monoisotopic (exact) mass is 833 g/mol. The highest BCUT2D eigenvalue weighted by Gasteiger charge is 2.35. The average molecular weight is 834 g/mol. The molecule has 4 N–H and O–H groups in total. The van der Waals surface area contributed by atoms with Crippen LogP contribution in [-0.4, -0.2) is 108 Å². The number of Topliss-reactive ketones (excluding diaryl/α,β-unsaturated/α-hetero) is 1. The number of benzene rings is 1. The number of carbonyl (C=O) groups excluding carboxylic acids is 6. The molecule has 2 fully saturated rings. The van der Waals surface area contributed by atoms with Gasteiger partial charge < -0.3 is 30.1 Å². The molecule has 1 aromatic rings. The molecule has 1 aromatic carbocycles. The van der Waals surface area contributed by atoms with E-state index in [0.29, 0.717) is 63.7 Å². The SMILES string of the molecule is CNC(C(=O)NC(Cc1ccccc1)C(=O)N1CCCC(C(=O)O[C@@H](C/C=C/C=C/CC(C)C(O)C(C=O)CCC(C)=O)/C(C)=C/C=C/C(=O)N2CCCCO2)N1)C(C)C. The molecule has 14 heteroatoms. The lowest BCUT2D eigenvalue weighted by molar-refractivity contribution is -0.191. The van der Waals surface area contributed by atoms with Gasteiger partial charge in [0, 0.05) is 44.3 Å². The number of amides is 3. The quantitative estimate of drug-likeness (QED) is 0.0528. The number of aliphatic hydroxyl groups is 1. The fourth-order valence-corrected chi connectivity index (χ4v) is 7.08. The highest BCUT2D eigenvalue weighted by atomic mass is 16.7. The summed E-state index contributed by atoms with van der Waals surface area (Å²) in [7, 11) is 1.71. The number of hydrogen-bond donors (Lipinski definition) is 4. The molecule has 0 aliphatic carbocycles. The van der Waals surface area contributed by atoms with Crippen molar-refractivity contribution in [2.24, 2.45) is 17.8 Å². The maximum absolute atomic E-state index is 14.1. The van der Waals surface area contributed by atoms with Gasteiger partial charge in [-0.3, -0.25) is 29.0 Å². The summed E-state index contributed by atoms with van der Waals surface area (Å²) in [5, 5.41) is 19.4. The number of aliphatic hydroxyl groups excluding tert-OH is 1. The average Bonchev–Trinajstić information content (AvgIpc) is 3.24. The van der Waals surface area contributed by atoms with E-state index < -0.39 is 42.2 Å². The lowest BCUT2D eigenvalue weighted by atomic mass is 9.87. The standard InChI is InChI=1S/C46H67N5O9/c1-32(2)42(47-6)44(56)48-39(30-36-20-11-9-12-21-36)45(57)50-27-17-22-38(49-50)46(58)60-40(33(3)19-16-24-41(54)51-28-14-15-29-59-51)23-13-8-7-10-18-34(4)43(55)37(31-52)26-25-35(5)53/h7-13,16,19-21,24,31-32,34,37-40,42-43,47,49,55H,14-15,17-18,22-23,25-30H2,1-6H3,(H,48,56)/b10-7+,13-8+,24-16+,33-19+/t34?,37?,38?,39?,40-,42?,43?/m0/s1. The molecule has 14 nitrogen and oxygen atoms in total. The molecule has 0 bridgehead atoms. The van der Waals surface area contributed by atoms with Gasteiger partial charge in [0.2, 0.25) is 5.91 Å². The van der Waals surface area contributed by atoms with Crippen molar-refractivity contribution in [3.8, 4) is 0 Å². The smallest absolute Gasteiger partial charge is 0.325 e. The minimum Gasteiger partial charge on any atom is -0.456 e. The van der Waals surface area contributed by atoms with Gasteiger partial charge in [0.1, 0.15) is 30.3 Å². The van der Waals surface area contributed by atoms with Gasteiger partial charge in [-0.25, -0.2) is 10.5 Å². The van der Waals surface area contributed by atoms with Crippen LogP contribution in [0.2, 0.25) is 0 Å². The Morgan fingerprint density at radius 1 is 0.983 bits per heavy atom. The number of rotatable bonds is 23. The van der Waals surface area contributed by atoms with E-state index in [4.69, 9.17) is 9.57 Å². The van der Waals surface area contributed by atoms with Crippen LogP contribution in [0.3, 0.4) is 0 Å². The molecule has 0 radical (unpaired) electrons. The zero-order chi connectivity index (χ0) is 44.0. The van der Waals surface area contributed by atoms with Crippen LogP contribution in [-0.2, 0) is 44.8 Å². The minimum atomic E-state index is -0.887. The Bertz CT molecular complexity index is 1670. The summed E-state index contributed by atoms with van der Waals surface area (Å²) >= 11 is 0. The lowest BCUT2D eigenvalue weighted by Gasteiger charge is -2.36. The first kappa shape index (κ1) is 49.6. The number of allylic oxidation sites excluding steroid dienone is 5. The van der Waals surface area contributed by atoms with Gasteiger partial charge in [-0.1, -0.05) is 87.6 Å². The Labute approximate surface area is 355 Å². The normalized spacial score (nSPS) is 19.5. The predicted molar refractivity (Wildman–Crippen MR) is 229 cm³/mol. The van der Waals surface area contributed by atoms with E-state index >= 15 is 0 Å². The summed E-state index contributed by atoms with van der Waals surface area (Å²) in [4.78, 5) is 82.3. The topological polar surface area (TPSA) is 184 Å². The van der Waals surface area contributed by atoms with Gasteiger partial charge in [-0.2, -0.15) is 0 Å². The predicted octanol–water partition coefficient (Wildman–Crippen LogP) is 4.50. The molecule has 7 atom stereocenters. The zero-order valence-corrected chi connectivity index (χ0v) is 36.2. The third-order valence-electron chi connectivity index (χ3n) is 10.8. The number of hydrogen-bond acceptors (Lipinski definition) is 11. The van der Waals surface area contributed by atoms with E-state index in [1.54, 1.807) is 19.2 Å². The van der Waals surface area contributed by atoms with E-state index in [1.165, 1.54) is 23.1 Å². The van der Waals surface area contributed by atoms with Crippen molar-refractivity contribution in [1.29, 1.82) is 0 Å². The van der Waals surface area contributed by atoms with Crippen molar-refractivity contribution >= 4 is 35.8 Å². The fraction of sp³-hybridized carbons (Fsp3) is 0.565. The third-order valence-corrected chi connectivity index (χ3v) is 10.8. The number of likely N-dealkylation sites (N-methyl/N-ethyl adjacent to an activating group) is 1. The Morgan fingerprint density at radius 3 is 2.33 bits per heavy atom. The second kappa shape index (κ2) is 26.5. The molecule has 0 saturated carbocycles. The Balaban J connectivity index is 1.73. The van der Waals surface area contributed by atoms with Crippen LogP contribution < -0.4 is 16.1 Å². The number of hydroxylamine groups is 2. The van der Waals surface area contributed by atoms with Crippen molar-refractivity contribution in [2.45, 2.75) is 123 Å². The van der Waals surface area contributed by atoms with Gasteiger partial charge in [-0.15, -0.1) is 0 Å². The maximum atomic E-state index is 14.1. The molecular weight excluding hydrogens is 767 g/mol. The number of nitrogens with zero attached hydrogens (tertiary/aromatic N) is 2. The minimum absolute atomic E-state index is 0.0132. The highest BCUT2D eigenvalue weighted by molar-refractivity contribution is 5.90. The number of carbonyl (C=O) groups is 6. The van der Waals surface area contributed by atoms with E-state index in [0.717, 1.165) is 18.4 Å². The second-order valence-corrected chi connectivity index (χ2v) is 16.1. The molecule has 2 saturated heterocycles. The van der Waals surface area contributed by atoms with Gasteiger partial charge in [0.15, 0.2) is 0 Å². The van der Waals surface area contributed by atoms with Crippen LogP contribution in [0.1, 0.15) is 91.5 Å². The number of aldehydes is 1. The zero-order valence-electron chi connectivity index (χ0n) is 36.2. The van der Waals surface area contributed by atoms with Crippen LogP contribution in [0.4, 0.5) is 0 Å². The van der Waals surface area contributed by atoms with E-state index in [-0.39, 0.29) is 48.2 Å². The van der Waals surface area contributed by atoms with Gasteiger partial charge in [-0.05, 0) is 82.4 Å². The summed E-state index contributed by atoms with van der Waals surface area (Å²) in [6, 6.07) is 7.22. The van der Waals surface area contributed by atoms with Crippen LogP contribution in [0.5, 0.6) is 0 Å². The van der Waals surface area contributed by atoms with Gasteiger partial charge in [0.05, 0.1) is 18.8 Å². The number of ether oxygens (including phenoxy) is 1. The first-order valence-electron chi connectivity index (χ1n) is 21.3. The number of esters is 1. The summed E-state index contributed by atoms with van der Waals surface area (Å²) in [5.41, 5.74) is 4.64. The molecule has 2 aliphatic heterocycles. The second-order valence-electron chi connectivity index (χ2n) is 16.1. The van der Waals surface area contributed by atoms with Crippen LogP contribution in [0.25, 0.3) is 0 Å². The molecule has 6 unspecified atom stereocenters. The molecular formula is C46H67N5O9. The maximum Gasteiger partial charge on any atom is 0.325 e. The van der Waals surface area contributed by atoms with E-state index in [9.17, 15) is 33.9 Å². The molecule has 2 heterocycles. The lowest BCUT2D eigenvalue weighted by Crippen LogP contribution is -2.61. The highest BCUT2D eigenvalue weighted by Crippen LogP contribution is 2.21. The summed E-state index contributed by atoms with van der Waals surface area (Å²) in [5.74, 6) is -2.36. The third kappa shape index (κ3) is 16.7. The molecule has 3 amide bonds. The molecule has 0 spiro atoms. The molecule has 60 heavy (non-hydrogen) atoms. The summed E-state index contributed by atoms with van der Waals surface area (Å²) < 4.78 is 6.10. The number of nitrogens with one attached hydrogen (secondary N) is 3. The van der Waals surface area contributed by atoms with E-state index in [2.05, 4.69) is 16.1 Å². The van der Waals surface area contributed by atoms with Crippen molar-refractivity contribution in [3.05, 3.63) is 84.0 Å². The Hall–Kier alpha value is -4.76. The van der Waals surface area contributed by atoms with Crippen molar-refractivity contribution in [3.63, 3.8) is 0 Å². The fourth-order valence-electron chi connectivity index (χ4n) is 7.08. The van der Waals surface area contributed by atoms with Crippen molar-refractivity contribution in [1.82, 2.24) is 26.1 Å². The molecule has 330 valence electrons. The van der Waals surface area contributed by atoms with Gasteiger partial charge >= 0.3 is 5.97 Å². The molecule has 3 rings (SSSR count). The number of ketones is 1. The molecule has 2 aliphatic rings. The largest absolute Gasteiger partial charge is 0.456 e. The first-order chi connectivity index (χ1) is 28.7. The first-order valence-corrected chi connectivity index (χ1v) is 21.3. The Kier molecular flexibility index (Phi) is 21.9.